The summed E-state index contributed by atoms with van der Waals surface area (Å²) < 4.78 is 38.4. The third kappa shape index (κ3) is 4.47. The zero-order chi connectivity index (χ0) is 14.6. The molecule has 0 aromatic heterocycles. The Morgan fingerprint density at radius 1 is 1.26 bits per heavy atom. The minimum atomic E-state index is -4.51. The highest BCUT2D eigenvalue weighted by Crippen LogP contribution is 2.33. The molecule has 1 rings (SSSR count). The van der Waals surface area contributed by atoms with Crippen molar-refractivity contribution in [1.82, 2.24) is 0 Å². The highest BCUT2D eigenvalue weighted by Gasteiger charge is 2.33. The lowest BCUT2D eigenvalue weighted by atomic mass is 10.0. The van der Waals surface area contributed by atoms with Gasteiger partial charge in [0.25, 0.3) is 0 Å². The van der Waals surface area contributed by atoms with Gasteiger partial charge in [-0.05, 0) is 37.5 Å². The van der Waals surface area contributed by atoms with Gasteiger partial charge in [0.1, 0.15) is 0 Å². The molecule has 0 amide bonds. The van der Waals surface area contributed by atoms with Crippen LogP contribution in [-0.4, -0.2) is 6.04 Å². The Hall–Kier alpha value is -1.70. The molecule has 0 heterocycles. The summed E-state index contributed by atoms with van der Waals surface area (Å²) in [6.07, 6.45) is -3.65. The molecule has 0 bridgehead atoms. The number of halogens is 3. The molecule has 0 fully saturated rings. The molecule has 2 nitrogen and oxygen atoms in total. The fraction of sp³-hybridized carbons (Fsp3) is 0.500. The Morgan fingerprint density at radius 3 is 2.37 bits per heavy atom. The summed E-state index contributed by atoms with van der Waals surface area (Å²) in [6, 6.07) is 5.35. The Balaban J connectivity index is 2.97. The lowest BCUT2D eigenvalue weighted by molar-refractivity contribution is -0.137. The van der Waals surface area contributed by atoms with Crippen molar-refractivity contribution in [2.45, 2.75) is 39.4 Å². The number of alkyl halides is 3. The first-order valence-corrected chi connectivity index (χ1v) is 6.12. The van der Waals surface area contributed by atoms with Gasteiger partial charge in [0.05, 0.1) is 17.2 Å². The minimum absolute atomic E-state index is 0.0778. The van der Waals surface area contributed by atoms with Crippen molar-refractivity contribution in [3.63, 3.8) is 0 Å². The molecule has 0 saturated carbocycles. The molecule has 0 aliphatic carbocycles. The Morgan fingerprint density at radius 2 is 1.89 bits per heavy atom. The van der Waals surface area contributed by atoms with E-state index >= 15 is 0 Å². The first-order chi connectivity index (χ1) is 8.74. The van der Waals surface area contributed by atoms with Crippen molar-refractivity contribution < 1.29 is 13.2 Å². The van der Waals surface area contributed by atoms with Gasteiger partial charge in [0.15, 0.2) is 0 Å². The minimum Gasteiger partial charge on any atom is -0.383 e. The highest BCUT2D eigenvalue weighted by molar-refractivity contribution is 5.53. The quantitative estimate of drug-likeness (QED) is 0.878. The van der Waals surface area contributed by atoms with Crippen LogP contribution in [0.5, 0.6) is 0 Å². The number of nitrogens with zero attached hydrogens (tertiary/aromatic N) is 1. The standard InChI is InChI=1S/C14H17F3N2/c1-9(2)6-10(3)19-12-5-4-11(8-18)13(7-12)14(15,16)17/h4-5,7,9-10,19H,6H2,1-3H3. The topological polar surface area (TPSA) is 35.8 Å². The lowest BCUT2D eigenvalue weighted by Crippen LogP contribution is -2.18. The molecular formula is C14H17F3N2. The predicted molar refractivity (Wildman–Crippen MR) is 68.7 cm³/mol. The summed E-state index contributed by atoms with van der Waals surface area (Å²) in [7, 11) is 0. The summed E-state index contributed by atoms with van der Waals surface area (Å²) in [5.74, 6) is 0.461. The van der Waals surface area contributed by atoms with Crippen LogP contribution in [0.3, 0.4) is 0 Å². The molecule has 0 spiro atoms. The zero-order valence-corrected chi connectivity index (χ0v) is 11.2. The van der Waals surface area contributed by atoms with Gasteiger partial charge in [-0.25, -0.2) is 0 Å². The van der Waals surface area contributed by atoms with E-state index in [1.54, 1.807) is 6.07 Å². The molecule has 1 N–H and O–H groups in total. The van der Waals surface area contributed by atoms with Gasteiger partial charge in [0.2, 0.25) is 0 Å². The number of benzene rings is 1. The second-order valence-corrected chi connectivity index (χ2v) is 5.04. The van der Waals surface area contributed by atoms with Crippen LogP contribution in [0.15, 0.2) is 18.2 Å². The van der Waals surface area contributed by atoms with E-state index in [0.29, 0.717) is 11.6 Å². The van der Waals surface area contributed by atoms with Gasteiger partial charge in [-0.2, -0.15) is 18.4 Å². The van der Waals surface area contributed by atoms with Crippen molar-refractivity contribution in [2.24, 2.45) is 5.92 Å². The van der Waals surface area contributed by atoms with Crippen LogP contribution >= 0.6 is 0 Å². The van der Waals surface area contributed by atoms with Gasteiger partial charge in [-0.1, -0.05) is 13.8 Å². The summed E-state index contributed by atoms with van der Waals surface area (Å²) in [5.41, 5.74) is -0.856. The molecule has 0 saturated heterocycles. The van der Waals surface area contributed by atoms with E-state index in [1.165, 1.54) is 12.1 Å². The summed E-state index contributed by atoms with van der Waals surface area (Å²) in [4.78, 5) is 0. The zero-order valence-electron chi connectivity index (χ0n) is 11.2. The van der Waals surface area contributed by atoms with Crippen LogP contribution < -0.4 is 5.32 Å². The molecular weight excluding hydrogens is 253 g/mol. The van der Waals surface area contributed by atoms with E-state index in [1.807, 2.05) is 6.92 Å². The monoisotopic (exact) mass is 270 g/mol. The van der Waals surface area contributed by atoms with E-state index in [9.17, 15) is 13.2 Å². The normalized spacial score (nSPS) is 13.2. The average Bonchev–Trinajstić information content (AvgIpc) is 2.26. The second-order valence-electron chi connectivity index (χ2n) is 5.04. The largest absolute Gasteiger partial charge is 0.417 e. The Kier molecular flexibility index (Phi) is 4.82. The maximum absolute atomic E-state index is 12.8. The molecule has 1 atom stereocenters. The number of rotatable bonds is 4. The predicted octanol–water partition coefficient (Wildman–Crippen LogP) is 4.42. The molecule has 19 heavy (non-hydrogen) atoms. The van der Waals surface area contributed by atoms with E-state index in [-0.39, 0.29) is 11.6 Å². The molecule has 1 aromatic rings. The van der Waals surface area contributed by atoms with Crippen LogP contribution in [-0.2, 0) is 6.18 Å². The number of hydrogen-bond donors (Lipinski definition) is 1. The first kappa shape index (κ1) is 15.4. The van der Waals surface area contributed by atoms with Gasteiger partial charge >= 0.3 is 6.18 Å². The van der Waals surface area contributed by atoms with Crippen LogP contribution in [0.1, 0.15) is 38.3 Å². The third-order valence-corrected chi connectivity index (χ3v) is 2.68. The van der Waals surface area contributed by atoms with Gasteiger partial charge < -0.3 is 5.32 Å². The molecule has 0 radical (unpaired) electrons. The smallest absolute Gasteiger partial charge is 0.383 e. The number of nitrogens with one attached hydrogen (secondary N) is 1. The maximum atomic E-state index is 12.8. The van der Waals surface area contributed by atoms with E-state index in [0.717, 1.165) is 12.5 Å². The van der Waals surface area contributed by atoms with Crippen LogP contribution in [0.4, 0.5) is 18.9 Å². The SMILES string of the molecule is CC(C)CC(C)Nc1ccc(C#N)c(C(F)(F)F)c1. The highest BCUT2D eigenvalue weighted by atomic mass is 19.4. The lowest BCUT2D eigenvalue weighted by Gasteiger charge is -2.18. The molecule has 0 aliphatic rings. The Bertz CT molecular complexity index is 473. The van der Waals surface area contributed by atoms with Crippen LogP contribution in [0, 0.1) is 17.2 Å². The maximum Gasteiger partial charge on any atom is 0.417 e. The first-order valence-electron chi connectivity index (χ1n) is 6.12. The van der Waals surface area contributed by atoms with Crippen molar-refractivity contribution in [1.29, 1.82) is 5.26 Å². The van der Waals surface area contributed by atoms with Crippen LogP contribution in [0.25, 0.3) is 0 Å². The van der Waals surface area contributed by atoms with E-state index in [2.05, 4.69) is 19.2 Å². The summed E-state index contributed by atoms with van der Waals surface area (Å²) in [6.45, 7) is 6.03. The van der Waals surface area contributed by atoms with Crippen molar-refractivity contribution in [2.75, 3.05) is 5.32 Å². The number of nitriles is 1. The number of hydrogen-bond acceptors (Lipinski definition) is 2. The van der Waals surface area contributed by atoms with Gasteiger partial charge in [-0.3, -0.25) is 0 Å². The molecule has 5 heteroatoms. The van der Waals surface area contributed by atoms with Crippen molar-refractivity contribution in [3.05, 3.63) is 29.3 Å². The van der Waals surface area contributed by atoms with E-state index < -0.39 is 11.7 Å². The van der Waals surface area contributed by atoms with Crippen LogP contribution in [0.2, 0.25) is 0 Å². The van der Waals surface area contributed by atoms with Gasteiger partial charge in [-0.15, -0.1) is 0 Å². The molecule has 1 unspecified atom stereocenters. The molecule has 1 aromatic carbocycles. The second kappa shape index (κ2) is 5.96. The average molecular weight is 270 g/mol. The molecule has 104 valence electrons. The summed E-state index contributed by atoms with van der Waals surface area (Å²) >= 11 is 0. The fourth-order valence-electron chi connectivity index (χ4n) is 2.02. The third-order valence-electron chi connectivity index (χ3n) is 2.68. The summed E-state index contributed by atoms with van der Waals surface area (Å²) in [5, 5.41) is 11.7. The Labute approximate surface area is 111 Å². The molecule has 0 aliphatic heterocycles. The van der Waals surface area contributed by atoms with Crippen molar-refractivity contribution in [3.8, 4) is 6.07 Å². The van der Waals surface area contributed by atoms with Crippen molar-refractivity contribution >= 4 is 5.69 Å². The van der Waals surface area contributed by atoms with Gasteiger partial charge in [0, 0.05) is 11.7 Å². The van der Waals surface area contributed by atoms with E-state index in [4.69, 9.17) is 5.26 Å². The number of anilines is 1. The fourth-order valence-corrected chi connectivity index (χ4v) is 2.02.